The van der Waals surface area contributed by atoms with E-state index in [0.29, 0.717) is 12.0 Å². The molecule has 19 heavy (non-hydrogen) atoms. The Kier molecular flexibility index (Phi) is 3.34. The van der Waals surface area contributed by atoms with E-state index in [1.165, 1.54) is 11.1 Å². The Morgan fingerprint density at radius 1 is 1.42 bits per heavy atom. The zero-order chi connectivity index (χ0) is 13.2. The van der Waals surface area contributed by atoms with Crippen LogP contribution in [0.4, 0.5) is 0 Å². The molecule has 0 spiro atoms. The van der Waals surface area contributed by atoms with Crippen LogP contribution in [0.2, 0.25) is 0 Å². The van der Waals surface area contributed by atoms with Crippen LogP contribution in [0.5, 0.6) is 0 Å². The van der Waals surface area contributed by atoms with Gasteiger partial charge in [-0.3, -0.25) is 0 Å². The van der Waals surface area contributed by atoms with Gasteiger partial charge in [-0.1, -0.05) is 36.3 Å². The fourth-order valence-corrected chi connectivity index (χ4v) is 2.64. The highest BCUT2D eigenvalue weighted by Gasteiger charge is 2.31. The minimum Gasteiger partial charge on any atom is -0.339 e. The lowest BCUT2D eigenvalue weighted by Gasteiger charge is -2.27. The van der Waals surface area contributed by atoms with Gasteiger partial charge in [0.2, 0.25) is 5.89 Å². The molecule has 0 amide bonds. The van der Waals surface area contributed by atoms with Crippen molar-refractivity contribution in [1.29, 1.82) is 0 Å². The van der Waals surface area contributed by atoms with Crippen molar-refractivity contribution in [2.45, 2.75) is 38.1 Å². The fraction of sp³-hybridized carbons (Fsp3) is 0.467. The van der Waals surface area contributed by atoms with Gasteiger partial charge >= 0.3 is 0 Å². The van der Waals surface area contributed by atoms with Crippen molar-refractivity contribution in [2.75, 3.05) is 7.05 Å². The summed E-state index contributed by atoms with van der Waals surface area (Å²) in [5.41, 5.74) is 2.75. The van der Waals surface area contributed by atoms with Crippen molar-refractivity contribution < 1.29 is 4.52 Å². The zero-order valence-electron chi connectivity index (χ0n) is 11.4. The van der Waals surface area contributed by atoms with Gasteiger partial charge in [0, 0.05) is 12.5 Å². The molecule has 0 radical (unpaired) electrons. The topological polar surface area (TPSA) is 51.0 Å². The average molecular weight is 257 g/mol. The molecule has 2 aromatic rings. The Balaban J connectivity index is 1.73. The van der Waals surface area contributed by atoms with Crippen LogP contribution in [-0.2, 0) is 12.8 Å². The van der Waals surface area contributed by atoms with Gasteiger partial charge in [-0.05, 0) is 31.0 Å². The number of aromatic nitrogens is 2. The highest BCUT2D eigenvalue weighted by molar-refractivity contribution is 5.43. The lowest BCUT2D eigenvalue weighted by molar-refractivity contribution is 0.352. The van der Waals surface area contributed by atoms with Gasteiger partial charge in [0.25, 0.3) is 0 Å². The number of nitrogens with one attached hydrogen (secondary N) is 1. The quantitative estimate of drug-likeness (QED) is 0.893. The van der Waals surface area contributed by atoms with Crippen LogP contribution in [0.15, 0.2) is 28.8 Å². The third-order valence-electron chi connectivity index (χ3n) is 3.97. The number of hydrogen-bond acceptors (Lipinski definition) is 4. The summed E-state index contributed by atoms with van der Waals surface area (Å²) in [5, 5.41) is 7.40. The third kappa shape index (κ3) is 2.28. The molecule has 0 fully saturated rings. The summed E-state index contributed by atoms with van der Waals surface area (Å²) in [5.74, 6) is 1.89. The monoisotopic (exact) mass is 257 g/mol. The highest BCUT2D eigenvalue weighted by atomic mass is 16.5. The molecular formula is C15H19N3O. The van der Waals surface area contributed by atoms with Crippen LogP contribution in [0.3, 0.4) is 0 Å². The number of likely N-dealkylation sites (N-methyl/N-ethyl adjacent to an activating group) is 1. The van der Waals surface area contributed by atoms with E-state index in [-0.39, 0.29) is 0 Å². The van der Waals surface area contributed by atoms with Crippen LogP contribution in [0.25, 0.3) is 0 Å². The summed E-state index contributed by atoms with van der Waals surface area (Å²) in [7, 11) is 1.97. The summed E-state index contributed by atoms with van der Waals surface area (Å²) in [6.45, 7) is 2.15. The minimum atomic E-state index is 0.323. The number of benzene rings is 1. The van der Waals surface area contributed by atoms with E-state index in [1.54, 1.807) is 0 Å². The first-order valence-corrected chi connectivity index (χ1v) is 6.89. The summed E-state index contributed by atoms with van der Waals surface area (Å²) in [6, 6.07) is 8.88. The van der Waals surface area contributed by atoms with Gasteiger partial charge in [0.1, 0.15) is 0 Å². The SMILES string of the molecule is CCC(Cc1nc(C2Cc3ccccc32)no1)NC. The Morgan fingerprint density at radius 3 is 3.00 bits per heavy atom. The van der Waals surface area contributed by atoms with E-state index in [2.05, 4.69) is 46.6 Å². The first kappa shape index (κ1) is 12.4. The maximum atomic E-state index is 5.37. The predicted molar refractivity (Wildman–Crippen MR) is 73.1 cm³/mol. The van der Waals surface area contributed by atoms with Gasteiger partial charge in [-0.15, -0.1) is 0 Å². The first-order chi connectivity index (χ1) is 9.31. The van der Waals surface area contributed by atoms with Gasteiger partial charge in [0.05, 0.1) is 5.92 Å². The maximum absolute atomic E-state index is 5.37. The summed E-state index contributed by atoms with van der Waals surface area (Å²) in [6.07, 6.45) is 2.88. The smallest absolute Gasteiger partial charge is 0.228 e. The molecule has 1 aromatic heterocycles. The van der Waals surface area contributed by atoms with Gasteiger partial charge in [-0.25, -0.2) is 0 Å². The molecule has 1 aromatic carbocycles. The van der Waals surface area contributed by atoms with E-state index >= 15 is 0 Å². The van der Waals surface area contributed by atoms with E-state index < -0.39 is 0 Å². The van der Waals surface area contributed by atoms with Gasteiger partial charge < -0.3 is 9.84 Å². The van der Waals surface area contributed by atoms with Gasteiger partial charge in [0.15, 0.2) is 5.82 Å². The largest absolute Gasteiger partial charge is 0.339 e. The van der Waals surface area contributed by atoms with Gasteiger partial charge in [-0.2, -0.15) is 4.98 Å². The highest BCUT2D eigenvalue weighted by Crippen LogP contribution is 2.38. The molecule has 1 N–H and O–H groups in total. The lowest BCUT2D eigenvalue weighted by Crippen LogP contribution is -2.26. The molecule has 0 saturated heterocycles. The normalized spacial score (nSPS) is 18.7. The molecule has 1 aliphatic rings. The molecule has 0 bridgehead atoms. The molecule has 1 aliphatic carbocycles. The Labute approximate surface area is 113 Å². The molecule has 4 heteroatoms. The molecular weight excluding hydrogens is 238 g/mol. The van der Waals surface area contributed by atoms with E-state index in [9.17, 15) is 0 Å². The molecule has 100 valence electrons. The zero-order valence-corrected chi connectivity index (χ0v) is 11.4. The number of fused-ring (bicyclic) bond motifs is 1. The molecule has 1 heterocycles. The van der Waals surface area contributed by atoms with Crippen LogP contribution < -0.4 is 5.32 Å². The van der Waals surface area contributed by atoms with Crippen molar-refractivity contribution in [1.82, 2.24) is 15.5 Å². The fourth-order valence-electron chi connectivity index (χ4n) is 2.64. The Hall–Kier alpha value is -1.68. The minimum absolute atomic E-state index is 0.323. The predicted octanol–water partition coefficient (Wildman–Crippen LogP) is 2.30. The summed E-state index contributed by atoms with van der Waals surface area (Å²) >= 11 is 0. The van der Waals surface area contributed by atoms with Crippen LogP contribution in [-0.4, -0.2) is 23.2 Å². The molecule has 0 saturated carbocycles. The lowest BCUT2D eigenvalue weighted by atomic mass is 9.77. The number of nitrogens with zero attached hydrogens (tertiary/aromatic N) is 2. The van der Waals surface area contributed by atoms with Crippen LogP contribution in [0.1, 0.15) is 42.1 Å². The second kappa shape index (κ2) is 5.13. The second-order valence-corrected chi connectivity index (χ2v) is 5.10. The van der Waals surface area contributed by atoms with E-state index in [0.717, 1.165) is 31.0 Å². The van der Waals surface area contributed by atoms with Crippen molar-refractivity contribution in [2.24, 2.45) is 0 Å². The van der Waals surface area contributed by atoms with Crippen molar-refractivity contribution in [3.05, 3.63) is 47.1 Å². The first-order valence-electron chi connectivity index (χ1n) is 6.89. The second-order valence-electron chi connectivity index (χ2n) is 5.10. The molecule has 2 unspecified atom stereocenters. The average Bonchev–Trinajstić information content (AvgIpc) is 2.85. The Morgan fingerprint density at radius 2 is 2.26 bits per heavy atom. The summed E-state index contributed by atoms with van der Waals surface area (Å²) < 4.78 is 5.37. The van der Waals surface area contributed by atoms with Crippen LogP contribution in [0, 0.1) is 0 Å². The van der Waals surface area contributed by atoms with Crippen molar-refractivity contribution in [3.8, 4) is 0 Å². The van der Waals surface area contributed by atoms with Crippen molar-refractivity contribution in [3.63, 3.8) is 0 Å². The molecule has 2 atom stereocenters. The van der Waals surface area contributed by atoms with Crippen molar-refractivity contribution >= 4 is 0 Å². The molecule has 4 nitrogen and oxygen atoms in total. The van der Waals surface area contributed by atoms with E-state index in [1.807, 2.05) is 7.05 Å². The van der Waals surface area contributed by atoms with E-state index in [4.69, 9.17) is 4.52 Å². The Bertz CT molecular complexity index is 560. The molecule has 3 rings (SSSR count). The maximum Gasteiger partial charge on any atom is 0.228 e. The van der Waals surface area contributed by atoms with Crippen LogP contribution >= 0.6 is 0 Å². The standard InChI is InChI=1S/C15H19N3O/c1-3-11(16-2)9-14-17-15(18-19-14)13-8-10-6-4-5-7-12(10)13/h4-7,11,13,16H,3,8-9H2,1-2H3. The third-order valence-corrected chi connectivity index (χ3v) is 3.97. The summed E-state index contributed by atoms with van der Waals surface area (Å²) in [4.78, 5) is 4.55. The number of rotatable bonds is 5. The number of hydrogen-bond donors (Lipinski definition) is 1. The molecule has 0 aliphatic heterocycles.